The van der Waals surface area contributed by atoms with Crippen LogP contribution in [0.15, 0.2) is 94.0 Å². The first-order valence-electron chi connectivity index (χ1n) is 13.6. The molecule has 10 heteroatoms. The Morgan fingerprint density at radius 3 is 2.56 bits per heavy atom. The van der Waals surface area contributed by atoms with Crippen molar-refractivity contribution in [1.82, 2.24) is 9.13 Å². The summed E-state index contributed by atoms with van der Waals surface area (Å²) < 4.78 is 15.0. The summed E-state index contributed by atoms with van der Waals surface area (Å²) in [7, 11) is 1.59. The van der Waals surface area contributed by atoms with Gasteiger partial charge in [0.1, 0.15) is 5.75 Å². The number of para-hydroxylation sites is 1. The van der Waals surface area contributed by atoms with Crippen LogP contribution in [0.3, 0.4) is 0 Å². The maximum absolute atomic E-state index is 14.1. The lowest BCUT2D eigenvalue weighted by Crippen LogP contribution is -2.39. The molecule has 0 unspecified atom stereocenters. The minimum Gasteiger partial charge on any atom is -0.497 e. The van der Waals surface area contributed by atoms with E-state index in [1.54, 1.807) is 31.6 Å². The molecular weight excluding hydrogens is 605 g/mol. The third-order valence-corrected chi connectivity index (χ3v) is 9.11. The highest BCUT2D eigenvalue weighted by Crippen LogP contribution is 2.32. The second kappa shape index (κ2) is 11.9. The Balaban J connectivity index is 1.50. The summed E-state index contributed by atoms with van der Waals surface area (Å²) >= 11 is 13.7. The molecule has 0 aliphatic carbocycles. The number of carbonyl (C=O) groups excluding carboxylic acids is 1. The van der Waals surface area contributed by atoms with Crippen molar-refractivity contribution in [3.05, 3.63) is 131 Å². The summed E-state index contributed by atoms with van der Waals surface area (Å²) in [6.07, 6.45) is 3.92. The van der Waals surface area contributed by atoms with E-state index in [4.69, 9.17) is 32.7 Å². The number of allylic oxidation sites excluding steroid dienone is 1. The summed E-state index contributed by atoms with van der Waals surface area (Å²) in [5.41, 5.74) is 4.29. The molecule has 1 aliphatic heterocycles. The van der Waals surface area contributed by atoms with Crippen molar-refractivity contribution in [2.24, 2.45) is 4.99 Å². The van der Waals surface area contributed by atoms with Crippen molar-refractivity contribution >= 4 is 57.5 Å². The molecule has 0 N–H and O–H groups in total. The normalized spacial score (nSPS) is 15.0. The molecule has 1 atom stereocenters. The Kier molecular flexibility index (Phi) is 8.01. The molecule has 0 saturated heterocycles. The van der Waals surface area contributed by atoms with E-state index in [-0.39, 0.29) is 12.2 Å². The maximum atomic E-state index is 14.1. The van der Waals surface area contributed by atoms with E-state index < -0.39 is 12.0 Å². The van der Waals surface area contributed by atoms with E-state index in [1.807, 2.05) is 72.9 Å². The van der Waals surface area contributed by atoms with Gasteiger partial charge in [-0.1, -0.05) is 70.9 Å². The lowest BCUT2D eigenvalue weighted by atomic mass is 9.96. The quantitative estimate of drug-likeness (QED) is 0.203. The molecule has 0 radical (unpaired) electrons. The topological polar surface area (TPSA) is 74.8 Å². The van der Waals surface area contributed by atoms with E-state index in [0.29, 0.717) is 42.9 Å². The molecule has 218 valence electrons. The number of fused-ring (bicyclic) bond motifs is 2. The second-order valence-electron chi connectivity index (χ2n) is 10.1. The van der Waals surface area contributed by atoms with Crippen LogP contribution in [-0.2, 0) is 16.1 Å². The number of benzene rings is 3. The van der Waals surface area contributed by atoms with Gasteiger partial charge in [-0.05, 0) is 61.4 Å². The number of hydrogen-bond donors (Lipinski definition) is 0. The molecule has 0 spiro atoms. The molecule has 7 nitrogen and oxygen atoms in total. The van der Waals surface area contributed by atoms with Gasteiger partial charge in [0.2, 0.25) is 0 Å². The number of methoxy groups -OCH3 is 1. The Morgan fingerprint density at radius 2 is 1.84 bits per heavy atom. The van der Waals surface area contributed by atoms with Crippen molar-refractivity contribution < 1.29 is 14.3 Å². The fourth-order valence-corrected chi connectivity index (χ4v) is 6.75. The van der Waals surface area contributed by atoms with Crippen molar-refractivity contribution in [1.29, 1.82) is 0 Å². The molecule has 0 bridgehead atoms. The van der Waals surface area contributed by atoms with Crippen LogP contribution < -0.4 is 19.6 Å². The van der Waals surface area contributed by atoms with Crippen LogP contribution in [0.25, 0.3) is 17.0 Å². The minimum atomic E-state index is -0.695. The highest BCUT2D eigenvalue weighted by Gasteiger charge is 2.33. The molecule has 2 aromatic heterocycles. The molecule has 6 rings (SSSR count). The number of carbonyl (C=O) groups is 1. The van der Waals surface area contributed by atoms with Gasteiger partial charge in [0.15, 0.2) is 4.80 Å². The fraction of sp³-hybridized carbons (Fsp3) is 0.182. The van der Waals surface area contributed by atoms with Gasteiger partial charge >= 0.3 is 5.97 Å². The summed E-state index contributed by atoms with van der Waals surface area (Å²) in [4.78, 5) is 32.5. The standard InChI is InChI=1S/C33H27Cl2N3O4S/c1-4-42-32(40)29-19(2)36-33-38(30(29)21-10-12-23(41-3)13-11-21)31(39)28(43-33)16-22-18-37(27-8-6-5-7-24(22)27)17-20-9-14-25(34)26(35)15-20/h5-16,18,30H,4,17H2,1-3H3/b28-16+/t30-/m0/s1. The van der Waals surface area contributed by atoms with Crippen LogP contribution in [0.2, 0.25) is 10.0 Å². The number of ether oxygens (including phenoxy) is 2. The smallest absolute Gasteiger partial charge is 0.338 e. The molecule has 5 aromatic rings. The van der Waals surface area contributed by atoms with Gasteiger partial charge in [-0.3, -0.25) is 9.36 Å². The molecule has 1 aliphatic rings. The number of esters is 1. The van der Waals surface area contributed by atoms with E-state index in [2.05, 4.69) is 9.56 Å². The van der Waals surface area contributed by atoms with Gasteiger partial charge in [-0.15, -0.1) is 0 Å². The third kappa shape index (κ3) is 5.42. The van der Waals surface area contributed by atoms with Crippen LogP contribution in [0.4, 0.5) is 0 Å². The predicted molar refractivity (Wildman–Crippen MR) is 171 cm³/mol. The molecule has 3 heterocycles. The number of thiazole rings is 1. The Labute approximate surface area is 261 Å². The number of rotatable bonds is 7. The highest BCUT2D eigenvalue weighted by molar-refractivity contribution is 7.07. The zero-order valence-electron chi connectivity index (χ0n) is 23.6. The van der Waals surface area contributed by atoms with Crippen LogP contribution in [0.1, 0.15) is 36.6 Å². The summed E-state index contributed by atoms with van der Waals surface area (Å²) in [6, 6.07) is 20.3. The Morgan fingerprint density at radius 1 is 1.07 bits per heavy atom. The summed E-state index contributed by atoms with van der Waals surface area (Å²) in [6.45, 7) is 4.31. The van der Waals surface area contributed by atoms with Crippen LogP contribution >= 0.6 is 34.5 Å². The molecule has 3 aromatic carbocycles. The van der Waals surface area contributed by atoms with Gasteiger partial charge in [0.25, 0.3) is 5.56 Å². The Hall–Kier alpha value is -4.11. The van der Waals surface area contributed by atoms with E-state index >= 15 is 0 Å². The minimum absolute atomic E-state index is 0.210. The average Bonchev–Trinajstić information content (AvgIpc) is 3.50. The monoisotopic (exact) mass is 631 g/mol. The van der Waals surface area contributed by atoms with E-state index in [9.17, 15) is 9.59 Å². The number of aromatic nitrogens is 2. The lowest BCUT2D eigenvalue weighted by molar-refractivity contribution is -0.139. The van der Waals surface area contributed by atoms with Gasteiger partial charge < -0.3 is 14.0 Å². The maximum Gasteiger partial charge on any atom is 0.338 e. The predicted octanol–water partition coefficient (Wildman–Crippen LogP) is 6.12. The molecular formula is C33H27Cl2N3O4S. The first kappa shape index (κ1) is 29.0. The Bertz CT molecular complexity index is 2090. The largest absolute Gasteiger partial charge is 0.497 e. The molecule has 43 heavy (non-hydrogen) atoms. The van der Waals surface area contributed by atoms with Crippen LogP contribution in [0.5, 0.6) is 5.75 Å². The summed E-state index contributed by atoms with van der Waals surface area (Å²) in [5.74, 6) is 0.177. The number of nitrogens with zero attached hydrogens (tertiary/aromatic N) is 3. The molecule has 0 amide bonds. The van der Waals surface area contributed by atoms with E-state index in [0.717, 1.165) is 27.6 Å². The average molecular weight is 633 g/mol. The molecule has 0 fully saturated rings. The van der Waals surface area contributed by atoms with Crippen LogP contribution in [0, 0.1) is 0 Å². The second-order valence-corrected chi connectivity index (χ2v) is 11.9. The van der Waals surface area contributed by atoms with Crippen LogP contribution in [-0.4, -0.2) is 28.8 Å². The van der Waals surface area contributed by atoms with Crippen molar-refractivity contribution in [2.45, 2.75) is 26.4 Å². The highest BCUT2D eigenvalue weighted by atomic mass is 35.5. The van der Waals surface area contributed by atoms with Crippen molar-refractivity contribution in [3.8, 4) is 5.75 Å². The summed E-state index contributed by atoms with van der Waals surface area (Å²) in [5, 5.41) is 2.01. The third-order valence-electron chi connectivity index (χ3n) is 7.39. The first-order valence-corrected chi connectivity index (χ1v) is 15.2. The SMILES string of the molecule is CCOC(=O)C1=C(C)N=c2s/c(=C/c3cn(Cc4ccc(Cl)c(Cl)c4)c4ccccc34)c(=O)n2[C@H]1c1ccc(OC)cc1. The van der Waals surface area contributed by atoms with Gasteiger partial charge in [-0.2, -0.15) is 0 Å². The molecule has 0 saturated carbocycles. The van der Waals surface area contributed by atoms with Gasteiger partial charge in [-0.25, -0.2) is 9.79 Å². The van der Waals surface area contributed by atoms with E-state index in [1.165, 1.54) is 11.3 Å². The number of hydrogen-bond acceptors (Lipinski definition) is 6. The van der Waals surface area contributed by atoms with Crippen molar-refractivity contribution in [2.75, 3.05) is 13.7 Å². The zero-order chi connectivity index (χ0) is 30.2. The lowest BCUT2D eigenvalue weighted by Gasteiger charge is -2.24. The van der Waals surface area contributed by atoms with Gasteiger partial charge in [0.05, 0.1) is 45.6 Å². The van der Waals surface area contributed by atoms with Crippen molar-refractivity contribution in [3.63, 3.8) is 0 Å². The number of halogens is 2. The zero-order valence-corrected chi connectivity index (χ0v) is 26.0. The fourth-order valence-electron chi connectivity index (χ4n) is 5.39. The van der Waals surface area contributed by atoms with Gasteiger partial charge in [0, 0.05) is 29.2 Å². The first-order chi connectivity index (χ1) is 20.8.